The summed E-state index contributed by atoms with van der Waals surface area (Å²) in [4.78, 5) is 0. The van der Waals surface area contributed by atoms with Crippen LogP contribution in [-0.4, -0.2) is 0 Å². The van der Waals surface area contributed by atoms with E-state index in [9.17, 15) is 0 Å². The molecule has 0 aromatic heterocycles. The molecule has 0 nitrogen and oxygen atoms in total. The summed E-state index contributed by atoms with van der Waals surface area (Å²) in [6.45, 7) is 3.94. The van der Waals surface area contributed by atoms with Crippen molar-refractivity contribution in [1.82, 2.24) is 0 Å². The van der Waals surface area contributed by atoms with E-state index in [0.29, 0.717) is 0 Å². The van der Waals surface area contributed by atoms with Crippen LogP contribution < -0.4 is 0 Å². The lowest BCUT2D eigenvalue weighted by atomic mass is 9.74. The molecule has 4 rings (SSSR count). The summed E-state index contributed by atoms with van der Waals surface area (Å²) in [6, 6.07) is 23.6. The lowest BCUT2D eigenvalue weighted by Gasteiger charge is -2.29. The average Bonchev–Trinajstić information content (AvgIpc) is 2.52. The van der Waals surface area contributed by atoms with Crippen molar-refractivity contribution >= 4 is 6.08 Å². The fourth-order valence-corrected chi connectivity index (χ4v) is 3.07. The highest BCUT2D eigenvalue weighted by molar-refractivity contribution is 6.11. The fraction of sp³-hybridized carbons (Fsp3) is 0. The van der Waals surface area contributed by atoms with Gasteiger partial charge >= 0.3 is 0 Å². The number of rotatable bonds is 2. The quantitative estimate of drug-likeness (QED) is 0.434. The SMILES string of the molecule is C=Cc1ccc(-c2ccccc2)c2c1-c1ccccc1-2. The summed E-state index contributed by atoms with van der Waals surface area (Å²) in [5, 5.41) is 0. The molecule has 94 valence electrons. The first kappa shape index (κ1) is 11.2. The predicted molar refractivity (Wildman–Crippen MR) is 86.4 cm³/mol. The van der Waals surface area contributed by atoms with Crippen LogP contribution in [0.25, 0.3) is 39.5 Å². The Kier molecular flexibility index (Phi) is 2.37. The van der Waals surface area contributed by atoms with E-state index in [1.54, 1.807) is 0 Å². The molecular formula is C20H14. The van der Waals surface area contributed by atoms with Crippen LogP contribution in [0.5, 0.6) is 0 Å². The molecular weight excluding hydrogens is 240 g/mol. The number of benzene rings is 3. The summed E-state index contributed by atoms with van der Waals surface area (Å²) < 4.78 is 0. The van der Waals surface area contributed by atoms with E-state index in [2.05, 4.69) is 73.3 Å². The van der Waals surface area contributed by atoms with Crippen molar-refractivity contribution in [3.8, 4) is 33.4 Å². The number of hydrogen-bond donors (Lipinski definition) is 0. The van der Waals surface area contributed by atoms with Crippen molar-refractivity contribution in [3.05, 3.63) is 78.9 Å². The van der Waals surface area contributed by atoms with E-state index in [0.717, 1.165) is 0 Å². The van der Waals surface area contributed by atoms with E-state index in [-0.39, 0.29) is 0 Å². The van der Waals surface area contributed by atoms with Gasteiger partial charge in [0.15, 0.2) is 0 Å². The van der Waals surface area contributed by atoms with Crippen molar-refractivity contribution in [2.75, 3.05) is 0 Å². The van der Waals surface area contributed by atoms with Gasteiger partial charge in [-0.1, -0.05) is 79.4 Å². The highest BCUT2D eigenvalue weighted by atomic mass is 14.3. The summed E-state index contributed by atoms with van der Waals surface area (Å²) in [6.07, 6.45) is 1.95. The van der Waals surface area contributed by atoms with Gasteiger partial charge in [-0.25, -0.2) is 0 Å². The molecule has 1 aliphatic carbocycles. The number of hydrogen-bond acceptors (Lipinski definition) is 0. The summed E-state index contributed by atoms with van der Waals surface area (Å²) in [5.41, 5.74) is 9.21. The second-order valence-electron chi connectivity index (χ2n) is 5.07. The van der Waals surface area contributed by atoms with Crippen LogP contribution in [0.1, 0.15) is 5.56 Å². The summed E-state index contributed by atoms with van der Waals surface area (Å²) >= 11 is 0. The highest BCUT2D eigenvalue weighted by Crippen LogP contribution is 2.53. The molecule has 20 heavy (non-hydrogen) atoms. The zero-order valence-electron chi connectivity index (χ0n) is 11.1. The minimum absolute atomic E-state index is 1.22. The lowest BCUT2D eigenvalue weighted by Crippen LogP contribution is -2.03. The molecule has 0 saturated carbocycles. The van der Waals surface area contributed by atoms with Crippen LogP contribution in [0.3, 0.4) is 0 Å². The van der Waals surface area contributed by atoms with Crippen molar-refractivity contribution in [2.45, 2.75) is 0 Å². The number of fused-ring (bicyclic) bond motifs is 4. The Morgan fingerprint density at radius 1 is 0.600 bits per heavy atom. The topological polar surface area (TPSA) is 0 Å². The molecule has 3 aromatic carbocycles. The Bertz CT molecular complexity index is 811. The van der Waals surface area contributed by atoms with Gasteiger partial charge in [-0.05, 0) is 38.9 Å². The van der Waals surface area contributed by atoms with Crippen LogP contribution in [0.4, 0.5) is 0 Å². The summed E-state index contributed by atoms with van der Waals surface area (Å²) in [5.74, 6) is 0. The third-order valence-corrected chi connectivity index (χ3v) is 4.01. The smallest absolute Gasteiger partial charge is 0.00143 e. The normalized spacial score (nSPS) is 11.2. The molecule has 0 saturated heterocycles. The molecule has 0 fully saturated rings. The molecule has 3 aromatic rings. The Hall–Kier alpha value is -2.60. The Morgan fingerprint density at radius 2 is 1.25 bits per heavy atom. The molecule has 0 amide bonds. The van der Waals surface area contributed by atoms with Crippen LogP contribution in [0.2, 0.25) is 0 Å². The first-order valence-corrected chi connectivity index (χ1v) is 6.85. The second-order valence-corrected chi connectivity index (χ2v) is 5.07. The van der Waals surface area contributed by atoms with Gasteiger partial charge in [0.25, 0.3) is 0 Å². The molecule has 0 heterocycles. The monoisotopic (exact) mass is 254 g/mol. The van der Waals surface area contributed by atoms with Crippen LogP contribution in [0, 0.1) is 0 Å². The van der Waals surface area contributed by atoms with Crippen molar-refractivity contribution in [2.24, 2.45) is 0 Å². The second kappa shape index (κ2) is 4.21. The average molecular weight is 254 g/mol. The molecule has 0 bridgehead atoms. The van der Waals surface area contributed by atoms with Crippen molar-refractivity contribution < 1.29 is 0 Å². The third kappa shape index (κ3) is 1.42. The molecule has 0 atom stereocenters. The maximum absolute atomic E-state index is 3.94. The van der Waals surface area contributed by atoms with E-state index in [1.165, 1.54) is 38.9 Å². The first-order chi connectivity index (χ1) is 9.90. The molecule has 0 radical (unpaired) electrons. The van der Waals surface area contributed by atoms with Gasteiger partial charge in [0.05, 0.1) is 0 Å². The molecule has 0 unspecified atom stereocenters. The van der Waals surface area contributed by atoms with Crippen molar-refractivity contribution in [1.29, 1.82) is 0 Å². The molecule has 0 spiro atoms. The van der Waals surface area contributed by atoms with Gasteiger partial charge in [0.1, 0.15) is 0 Å². The lowest BCUT2D eigenvalue weighted by molar-refractivity contribution is 1.49. The zero-order chi connectivity index (χ0) is 13.5. The van der Waals surface area contributed by atoms with Crippen LogP contribution >= 0.6 is 0 Å². The van der Waals surface area contributed by atoms with E-state index < -0.39 is 0 Å². The van der Waals surface area contributed by atoms with Gasteiger partial charge in [0.2, 0.25) is 0 Å². The van der Waals surface area contributed by atoms with Crippen molar-refractivity contribution in [3.63, 3.8) is 0 Å². The molecule has 0 aliphatic heterocycles. The Morgan fingerprint density at radius 3 is 1.95 bits per heavy atom. The van der Waals surface area contributed by atoms with Crippen LogP contribution in [-0.2, 0) is 0 Å². The fourth-order valence-electron chi connectivity index (χ4n) is 3.07. The molecule has 1 aliphatic rings. The third-order valence-electron chi connectivity index (χ3n) is 4.01. The molecule has 0 N–H and O–H groups in total. The Labute approximate surface area is 119 Å². The van der Waals surface area contributed by atoms with Gasteiger partial charge in [-0.3, -0.25) is 0 Å². The zero-order valence-corrected chi connectivity index (χ0v) is 11.1. The maximum Gasteiger partial charge on any atom is -0.00143 e. The highest BCUT2D eigenvalue weighted by Gasteiger charge is 2.27. The standard InChI is InChI=1S/C20H14/c1-2-14-12-13-16(15-8-4-3-5-9-15)20-18-11-7-6-10-17(18)19(14)20/h2-13H,1H2. The van der Waals surface area contributed by atoms with Gasteiger partial charge in [-0.2, -0.15) is 0 Å². The van der Waals surface area contributed by atoms with Crippen LogP contribution in [0.15, 0.2) is 73.3 Å². The minimum Gasteiger partial charge on any atom is -0.0984 e. The predicted octanol–water partition coefficient (Wildman–Crippen LogP) is 5.64. The van der Waals surface area contributed by atoms with E-state index in [1.807, 2.05) is 6.08 Å². The maximum atomic E-state index is 3.94. The first-order valence-electron chi connectivity index (χ1n) is 6.85. The van der Waals surface area contributed by atoms with Gasteiger partial charge in [0, 0.05) is 0 Å². The Balaban J connectivity index is 2.02. The van der Waals surface area contributed by atoms with E-state index in [4.69, 9.17) is 0 Å². The van der Waals surface area contributed by atoms with Gasteiger partial charge < -0.3 is 0 Å². The molecule has 0 heteroatoms. The van der Waals surface area contributed by atoms with Gasteiger partial charge in [-0.15, -0.1) is 0 Å². The largest absolute Gasteiger partial charge is 0.0984 e. The minimum atomic E-state index is 1.22. The van der Waals surface area contributed by atoms with E-state index >= 15 is 0 Å². The summed E-state index contributed by atoms with van der Waals surface area (Å²) in [7, 11) is 0.